The lowest BCUT2D eigenvalue weighted by molar-refractivity contribution is -0.121. The number of nitrogens with one attached hydrogen (secondary N) is 1. The van der Waals surface area contributed by atoms with Gasteiger partial charge < -0.3 is 14.8 Å². The van der Waals surface area contributed by atoms with E-state index in [1.807, 2.05) is 62.7 Å². The highest BCUT2D eigenvalue weighted by Crippen LogP contribution is 2.36. The second kappa shape index (κ2) is 13.4. The van der Waals surface area contributed by atoms with Crippen molar-refractivity contribution in [2.75, 3.05) is 26.8 Å². The van der Waals surface area contributed by atoms with Gasteiger partial charge in [-0.2, -0.15) is 4.31 Å². The standard InChI is InChI=1S/C32H40N6O5S/c1-6-25-20-37(44(40,41)29-9-8-14-34-32(29)43-25)19-24-17-23(11-10-21(24)3)27(18-30(39)33-15-16-42-5)26-12-13-28-31(22(26)4)35-36-38(28)7-2/h8-14,17,25,27H,6-7,15-16,18-20H2,1-5H3,(H,33,39)/t25-,27?/m1/s1. The molecule has 2 aromatic heterocycles. The van der Waals surface area contributed by atoms with Crippen LogP contribution in [0.2, 0.25) is 0 Å². The SMILES string of the molecule is CC[C@@H]1CN(Cc2cc(C(CC(=O)NCCOC)c3ccc4c(nnn4CC)c3C)ccc2C)S(=O)(=O)c2cccnc2O1. The van der Waals surface area contributed by atoms with E-state index in [9.17, 15) is 13.2 Å². The zero-order valence-corrected chi connectivity index (χ0v) is 26.7. The Balaban J connectivity index is 1.54. The van der Waals surface area contributed by atoms with Gasteiger partial charge in [0.25, 0.3) is 0 Å². The molecule has 0 saturated heterocycles. The zero-order chi connectivity index (χ0) is 31.4. The number of aryl methyl sites for hydroxylation is 3. The number of sulfonamides is 1. The molecule has 1 aliphatic heterocycles. The van der Waals surface area contributed by atoms with Crippen molar-refractivity contribution < 1.29 is 22.7 Å². The van der Waals surface area contributed by atoms with Gasteiger partial charge in [0.2, 0.25) is 21.8 Å². The van der Waals surface area contributed by atoms with Crippen molar-refractivity contribution in [2.24, 2.45) is 0 Å². The highest BCUT2D eigenvalue weighted by molar-refractivity contribution is 7.89. The van der Waals surface area contributed by atoms with Crippen molar-refractivity contribution in [3.05, 3.63) is 76.5 Å². The van der Waals surface area contributed by atoms with Crippen molar-refractivity contribution in [3.63, 3.8) is 0 Å². The average Bonchev–Trinajstić information content (AvgIpc) is 3.40. The lowest BCUT2D eigenvalue weighted by atomic mass is 9.84. The van der Waals surface area contributed by atoms with Crippen LogP contribution in [0.15, 0.2) is 53.6 Å². The molecule has 0 saturated carbocycles. The van der Waals surface area contributed by atoms with Gasteiger partial charge >= 0.3 is 0 Å². The van der Waals surface area contributed by atoms with E-state index in [4.69, 9.17) is 9.47 Å². The van der Waals surface area contributed by atoms with Crippen LogP contribution in [-0.4, -0.2) is 71.5 Å². The molecule has 234 valence electrons. The van der Waals surface area contributed by atoms with E-state index in [0.717, 1.165) is 38.9 Å². The Morgan fingerprint density at radius 3 is 2.75 bits per heavy atom. The van der Waals surface area contributed by atoms with Gasteiger partial charge in [0.1, 0.15) is 16.5 Å². The van der Waals surface area contributed by atoms with Gasteiger partial charge in [-0.05, 0) is 73.2 Å². The van der Waals surface area contributed by atoms with E-state index in [-0.39, 0.29) is 48.2 Å². The molecule has 3 heterocycles. The quantitative estimate of drug-likeness (QED) is 0.248. The van der Waals surface area contributed by atoms with Crippen LogP contribution >= 0.6 is 0 Å². The molecule has 1 unspecified atom stereocenters. The first-order valence-electron chi connectivity index (χ1n) is 15.0. The first kappa shape index (κ1) is 31.6. The predicted octanol–water partition coefficient (Wildman–Crippen LogP) is 4.11. The number of pyridine rings is 1. The molecule has 1 amide bonds. The summed E-state index contributed by atoms with van der Waals surface area (Å²) in [6.45, 7) is 9.86. The monoisotopic (exact) mass is 620 g/mol. The minimum atomic E-state index is -3.87. The van der Waals surface area contributed by atoms with Gasteiger partial charge in [0.15, 0.2) is 0 Å². The Hall–Kier alpha value is -3.87. The summed E-state index contributed by atoms with van der Waals surface area (Å²) in [5.41, 5.74) is 6.39. The smallest absolute Gasteiger partial charge is 0.248 e. The number of ether oxygens (including phenoxy) is 2. The second-order valence-electron chi connectivity index (χ2n) is 11.1. The molecule has 0 radical (unpaired) electrons. The first-order valence-corrected chi connectivity index (χ1v) is 16.4. The summed E-state index contributed by atoms with van der Waals surface area (Å²) in [6.07, 6.45) is 2.04. The van der Waals surface area contributed by atoms with Gasteiger partial charge in [-0.25, -0.2) is 18.1 Å². The van der Waals surface area contributed by atoms with Crippen LogP contribution in [0.1, 0.15) is 60.4 Å². The van der Waals surface area contributed by atoms with E-state index in [2.05, 4.69) is 20.6 Å². The molecule has 11 nitrogen and oxygen atoms in total. The molecule has 2 atom stereocenters. The maximum atomic E-state index is 13.8. The van der Waals surface area contributed by atoms with Crippen LogP contribution in [0.5, 0.6) is 5.88 Å². The Morgan fingerprint density at radius 1 is 1.18 bits per heavy atom. The molecule has 2 aromatic carbocycles. The third kappa shape index (κ3) is 6.33. The summed E-state index contributed by atoms with van der Waals surface area (Å²) in [7, 11) is -2.28. The highest BCUT2D eigenvalue weighted by Gasteiger charge is 2.35. The van der Waals surface area contributed by atoms with Crippen LogP contribution in [0.25, 0.3) is 11.0 Å². The number of amides is 1. The highest BCUT2D eigenvalue weighted by atomic mass is 32.2. The lowest BCUT2D eigenvalue weighted by Gasteiger charge is -2.25. The minimum absolute atomic E-state index is 0.0689. The summed E-state index contributed by atoms with van der Waals surface area (Å²) in [4.78, 5) is 17.5. The van der Waals surface area contributed by atoms with E-state index in [1.165, 1.54) is 16.6 Å². The van der Waals surface area contributed by atoms with Gasteiger partial charge in [0, 0.05) is 45.3 Å². The van der Waals surface area contributed by atoms with Crippen LogP contribution in [0.3, 0.4) is 0 Å². The molecule has 44 heavy (non-hydrogen) atoms. The normalized spacial score (nSPS) is 17.1. The van der Waals surface area contributed by atoms with Gasteiger partial charge in [-0.1, -0.05) is 36.4 Å². The minimum Gasteiger partial charge on any atom is -0.472 e. The fourth-order valence-electron chi connectivity index (χ4n) is 5.70. The maximum Gasteiger partial charge on any atom is 0.248 e. The number of nitrogens with zero attached hydrogens (tertiary/aromatic N) is 5. The number of benzene rings is 2. The molecule has 5 rings (SSSR count). The number of aromatic nitrogens is 4. The number of carbonyl (C=O) groups excluding carboxylic acids is 1. The van der Waals surface area contributed by atoms with Crippen molar-refractivity contribution in [2.45, 2.75) is 70.5 Å². The second-order valence-corrected chi connectivity index (χ2v) is 13.0. The Kier molecular flexibility index (Phi) is 9.62. The molecular weight excluding hydrogens is 580 g/mol. The van der Waals surface area contributed by atoms with Crippen LogP contribution in [-0.2, 0) is 32.6 Å². The largest absolute Gasteiger partial charge is 0.472 e. The van der Waals surface area contributed by atoms with Crippen LogP contribution < -0.4 is 10.1 Å². The fraction of sp³-hybridized carbons (Fsp3) is 0.438. The molecule has 0 aliphatic carbocycles. The number of rotatable bonds is 11. The van der Waals surface area contributed by atoms with Crippen molar-refractivity contribution in [3.8, 4) is 5.88 Å². The molecular formula is C32H40N6O5S. The van der Waals surface area contributed by atoms with Crippen LogP contribution in [0.4, 0.5) is 0 Å². The molecule has 1 N–H and O–H groups in total. The molecule has 0 fully saturated rings. The summed E-state index contributed by atoms with van der Waals surface area (Å²) in [5.74, 6) is -0.267. The third-order valence-corrected chi connectivity index (χ3v) is 10.1. The van der Waals surface area contributed by atoms with Gasteiger partial charge in [0.05, 0.1) is 18.7 Å². The maximum absolute atomic E-state index is 13.8. The zero-order valence-electron chi connectivity index (χ0n) is 25.9. The number of hydrogen-bond donors (Lipinski definition) is 1. The molecule has 12 heteroatoms. The molecule has 0 bridgehead atoms. The van der Waals surface area contributed by atoms with Crippen molar-refractivity contribution in [1.29, 1.82) is 0 Å². The number of hydrogen-bond acceptors (Lipinski definition) is 8. The van der Waals surface area contributed by atoms with Crippen LogP contribution in [0, 0.1) is 13.8 Å². The third-order valence-electron chi connectivity index (χ3n) is 8.29. The summed E-state index contributed by atoms with van der Waals surface area (Å²) >= 11 is 0. The Labute approximate surface area is 258 Å². The first-order chi connectivity index (χ1) is 21.2. The van der Waals surface area contributed by atoms with Crippen molar-refractivity contribution in [1.82, 2.24) is 29.6 Å². The fourth-order valence-corrected chi connectivity index (χ4v) is 7.22. The topological polar surface area (TPSA) is 129 Å². The molecule has 1 aliphatic rings. The van der Waals surface area contributed by atoms with E-state index in [1.54, 1.807) is 13.2 Å². The number of carbonyl (C=O) groups is 1. The lowest BCUT2D eigenvalue weighted by Crippen LogP contribution is -2.36. The van der Waals surface area contributed by atoms with Crippen molar-refractivity contribution >= 4 is 27.0 Å². The van der Waals surface area contributed by atoms with Gasteiger partial charge in [-0.3, -0.25) is 4.79 Å². The van der Waals surface area contributed by atoms with E-state index in [0.29, 0.717) is 26.1 Å². The Morgan fingerprint density at radius 2 is 2.00 bits per heavy atom. The van der Waals surface area contributed by atoms with Gasteiger partial charge in [-0.15, -0.1) is 5.10 Å². The van der Waals surface area contributed by atoms with E-state index < -0.39 is 10.0 Å². The average molecular weight is 621 g/mol. The number of fused-ring (bicyclic) bond motifs is 2. The van der Waals surface area contributed by atoms with E-state index >= 15 is 0 Å². The molecule has 4 aromatic rings. The number of methoxy groups -OCH3 is 1. The summed E-state index contributed by atoms with van der Waals surface area (Å²) in [6, 6.07) is 13.2. The predicted molar refractivity (Wildman–Crippen MR) is 167 cm³/mol. The summed E-state index contributed by atoms with van der Waals surface area (Å²) in [5, 5.41) is 11.7. The molecule has 0 spiro atoms. The summed E-state index contributed by atoms with van der Waals surface area (Å²) < 4.78 is 42.1. The Bertz CT molecular complexity index is 1760.